The van der Waals surface area contributed by atoms with E-state index in [1.54, 1.807) is 13.3 Å². The molecule has 2 heterocycles. The summed E-state index contributed by atoms with van der Waals surface area (Å²) in [7, 11) is 1.65. The van der Waals surface area contributed by atoms with Gasteiger partial charge in [-0.1, -0.05) is 0 Å². The number of methoxy groups -OCH3 is 1. The van der Waals surface area contributed by atoms with E-state index in [9.17, 15) is 4.79 Å². The molecule has 1 unspecified atom stereocenters. The number of ketones is 1. The Kier molecular flexibility index (Phi) is 4.53. The SMILES string of the molecule is COc1c(C)cnc(CC(=O)CC2CCCO2)c1C. The Hall–Kier alpha value is -1.42. The van der Waals surface area contributed by atoms with E-state index in [2.05, 4.69) is 4.98 Å². The van der Waals surface area contributed by atoms with Crippen LogP contribution in [0.25, 0.3) is 0 Å². The number of ether oxygens (including phenoxy) is 2. The minimum atomic E-state index is 0.111. The van der Waals surface area contributed by atoms with Crippen molar-refractivity contribution in [2.45, 2.75) is 45.6 Å². The Labute approximate surface area is 114 Å². The fourth-order valence-electron chi connectivity index (χ4n) is 2.57. The lowest BCUT2D eigenvalue weighted by Gasteiger charge is -2.13. The molecule has 4 nitrogen and oxygen atoms in total. The number of Topliss-reactive ketones (excluding diaryl/α,β-unsaturated/α-hetero) is 1. The van der Waals surface area contributed by atoms with Crippen molar-refractivity contribution in [1.29, 1.82) is 0 Å². The summed E-state index contributed by atoms with van der Waals surface area (Å²) in [6, 6.07) is 0. The molecule has 0 bridgehead atoms. The summed E-state index contributed by atoms with van der Waals surface area (Å²) in [5.74, 6) is 1.02. The molecule has 0 N–H and O–H groups in total. The Balaban J connectivity index is 2.04. The molecule has 104 valence electrons. The van der Waals surface area contributed by atoms with Crippen LogP contribution in [0.4, 0.5) is 0 Å². The highest BCUT2D eigenvalue weighted by Gasteiger charge is 2.20. The predicted molar refractivity (Wildman–Crippen MR) is 72.6 cm³/mol. The van der Waals surface area contributed by atoms with E-state index in [1.165, 1.54) is 0 Å². The van der Waals surface area contributed by atoms with E-state index < -0.39 is 0 Å². The van der Waals surface area contributed by atoms with Gasteiger partial charge in [-0.3, -0.25) is 9.78 Å². The van der Waals surface area contributed by atoms with Crippen LogP contribution >= 0.6 is 0 Å². The van der Waals surface area contributed by atoms with Crippen LogP contribution in [-0.2, 0) is 16.0 Å². The van der Waals surface area contributed by atoms with Crippen molar-refractivity contribution in [2.75, 3.05) is 13.7 Å². The lowest BCUT2D eigenvalue weighted by atomic mass is 10.0. The largest absolute Gasteiger partial charge is 0.496 e. The lowest BCUT2D eigenvalue weighted by Crippen LogP contribution is -2.15. The zero-order valence-electron chi connectivity index (χ0n) is 11.9. The fraction of sp³-hybridized carbons (Fsp3) is 0.600. The van der Waals surface area contributed by atoms with Gasteiger partial charge < -0.3 is 9.47 Å². The zero-order valence-corrected chi connectivity index (χ0v) is 11.9. The molecular formula is C15H21NO3. The van der Waals surface area contributed by atoms with Gasteiger partial charge in [0.15, 0.2) is 0 Å². The van der Waals surface area contributed by atoms with Crippen molar-refractivity contribution in [3.63, 3.8) is 0 Å². The van der Waals surface area contributed by atoms with Crippen molar-refractivity contribution in [2.24, 2.45) is 0 Å². The van der Waals surface area contributed by atoms with Gasteiger partial charge in [0, 0.05) is 36.8 Å². The van der Waals surface area contributed by atoms with Gasteiger partial charge in [-0.25, -0.2) is 0 Å². The number of pyridine rings is 1. The fourth-order valence-corrected chi connectivity index (χ4v) is 2.57. The molecule has 0 aromatic carbocycles. The summed E-state index contributed by atoms with van der Waals surface area (Å²) in [6.45, 7) is 4.69. The van der Waals surface area contributed by atoms with Gasteiger partial charge in [-0.05, 0) is 26.7 Å². The maximum absolute atomic E-state index is 12.0. The summed E-state index contributed by atoms with van der Waals surface area (Å²) in [5, 5.41) is 0. The first kappa shape index (κ1) is 14.0. The Morgan fingerprint density at radius 3 is 2.95 bits per heavy atom. The second-order valence-electron chi connectivity index (χ2n) is 5.10. The first-order chi connectivity index (χ1) is 9.11. The number of nitrogens with zero attached hydrogens (tertiary/aromatic N) is 1. The van der Waals surface area contributed by atoms with Gasteiger partial charge in [0.05, 0.1) is 18.9 Å². The topological polar surface area (TPSA) is 48.4 Å². The average Bonchev–Trinajstić information content (AvgIpc) is 2.86. The number of hydrogen-bond acceptors (Lipinski definition) is 4. The van der Waals surface area contributed by atoms with Crippen LogP contribution in [0.3, 0.4) is 0 Å². The number of aryl methyl sites for hydroxylation is 1. The number of hydrogen-bond donors (Lipinski definition) is 0. The Morgan fingerprint density at radius 2 is 2.32 bits per heavy atom. The molecule has 19 heavy (non-hydrogen) atoms. The standard InChI is InChI=1S/C15H21NO3/c1-10-9-16-14(11(2)15(10)18-3)8-12(17)7-13-5-4-6-19-13/h9,13H,4-8H2,1-3H3. The van der Waals surface area contributed by atoms with E-state index >= 15 is 0 Å². The van der Waals surface area contributed by atoms with Crippen LogP contribution in [0.15, 0.2) is 6.20 Å². The summed E-state index contributed by atoms with van der Waals surface area (Å²) >= 11 is 0. The molecule has 4 heteroatoms. The van der Waals surface area contributed by atoms with Gasteiger partial charge >= 0.3 is 0 Å². The maximum atomic E-state index is 12.0. The number of carbonyl (C=O) groups excluding carboxylic acids is 1. The van der Waals surface area contributed by atoms with Crippen LogP contribution in [-0.4, -0.2) is 30.6 Å². The first-order valence-electron chi connectivity index (χ1n) is 6.74. The third kappa shape index (κ3) is 3.32. The molecule has 2 rings (SSSR count). The number of rotatable bonds is 5. The lowest BCUT2D eigenvalue weighted by molar-refractivity contribution is -0.120. The molecule has 1 atom stereocenters. The number of aromatic nitrogens is 1. The minimum absolute atomic E-state index is 0.111. The van der Waals surface area contributed by atoms with E-state index in [-0.39, 0.29) is 11.9 Å². The molecule has 1 aromatic rings. The van der Waals surface area contributed by atoms with Crippen molar-refractivity contribution < 1.29 is 14.3 Å². The molecule has 1 aliphatic rings. The van der Waals surface area contributed by atoms with Gasteiger partial charge in [0.1, 0.15) is 11.5 Å². The van der Waals surface area contributed by atoms with Crippen LogP contribution in [0.2, 0.25) is 0 Å². The predicted octanol–water partition coefficient (Wildman–Crippen LogP) is 2.39. The molecule has 0 radical (unpaired) electrons. The van der Waals surface area contributed by atoms with Crippen molar-refractivity contribution >= 4 is 5.78 Å². The molecular weight excluding hydrogens is 242 g/mol. The van der Waals surface area contributed by atoms with Crippen molar-refractivity contribution in [1.82, 2.24) is 4.98 Å². The third-order valence-electron chi connectivity index (χ3n) is 3.59. The minimum Gasteiger partial charge on any atom is -0.496 e. The van der Waals surface area contributed by atoms with Crippen molar-refractivity contribution in [3.8, 4) is 5.75 Å². The van der Waals surface area contributed by atoms with Crippen LogP contribution in [0, 0.1) is 13.8 Å². The summed E-state index contributed by atoms with van der Waals surface area (Å²) < 4.78 is 10.8. The zero-order chi connectivity index (χ0) is 13.8. The molecule has 1 aliphatic heterocycles. The molecule has 1 saturated heterocycles. The summed E-state index contributed by atoms with van der Waals surface area (Å²) in [6.07, 6.45) is 4.79. The molecule has 0 aliphatic carbocycles. The monoisotopic (exact) mass is 263 g/mol. The Morgan fingerprint density at radius 1 is 1.53 bits per heavy atom. The highest BCUT2D eigenvalue weighted by Crippen LogP contribution is 2.25. The van der Waals surface area contributed by atoms with Crippen LogP contribution in [0.5, 0.6) is 5.75 Å². The molecule has 1 aromatic heterocycles. The van der Waals surface area contributed by atoms with E-state index in [0.717, 1.165) is 42.0 Å². The summed E-state index contributed by atoms with van der Waals surface area (Å²) in [4.78, 5) is 16.4. The van der Waals surface area contributed by atoms with Gasteiger partial charge in [0.2, 0.25) is 0 Å². The molecule has 0 saturated carbocycles. The maximum Gasteiger partial charge on any atom is 0.141 e. The highest BCUT2D eigenvalue weighted by molar-refractivity contribution is 5.81. The van der Waals surface area contributed by atoms with E-state index in [1.807, 2.05) is 13.8 Å². The van der Waals surface area contributed by atoms with Gasteiger partial charge in [-0.15, -0.1) is 0 Å². The summed E-state index contributed by atoms with van der Waals surface area (Å²) in [5.41, 5.74) is 2.77. The Bertz CT molecular complexity index is 465. The third-order valence-corrected chi connectivity index (χ3v) is 3.59. The van der Waals surface area contributed by atoms with E-state index in [4.69, 9.17) is 9.47 Å². The van der Waals surface area contributed by atoms with Gasteiger partial charge in [-0.2, -0.15) is 0 Å². The second-order valence-corrected chi connectivity index (χ2v) is 5.10. The second kappa shape index (κ2) is 6.15. The highest BCUT2D eigenvalue weighted by atomic mass is 16.5. The van der Waals surface area contributed by atoms with E-state index in [0.29, 0.717) is 12.8 Å². The van der Waals surface area contributed by atoms with Gasteiger partial charge in [0.25, 0.3) is 0 Å². The van der Waals surface area contributed by atoms with Crippen LogP contribution < -0.4 is 4.74 Å². The quantitative estimate of drug-likeness (QED) is 0.818. The molecule has 0 spiro atoms. The van der Waals surface area contributed by atoms with Crippen molar-refractivity contribution in [3.05, 3.63) is 23.0 Å². The average molecular weight is 263 g/mol. The smallest absolute Gasteiger partial charge is 0.141 e. The number of carbonyl (C=O) groups is 1. The molecule has 1 fully saturated rings. The van der Waals surface area contributed by atoms with Crippen LogP contribution in [0.1, 0.15) is 36.1 Å². The first-order valence-corrected chi connectivity index (χ1v) is 6.74. The normalized spacial score (nSPS) is 18.6. The molecule has 0 amide bonds.